The van der Waals surface area contributed by atoms with Crippen molar-refractivity contribution in [1.82, 2.24) is 25.4 Å². The Hall–Kier alpha value is -4.75. The molecule has 1 aliphatic rings. The molecule has 2 heterocycles. The van der Waals surface area contributed by atoms with Crippen molar-refractivity contribution in [2.75, 3.05) is 52.1 Å². The maximum absolute atomic E-state index is 14.9. The fourth-order valence-corrected chi connectivity index (χ4v) is 9.01. The van der Waals surface area contributed by atoms with E-state index in [0.29, 0.717) is 25.0 Å². The van der Waals surface area contributed by atoms with Crippen LogP contribution in [-0.4, -0.2) is 132 Å². The monoisotopic (exact) mass is 961 g/mol. The minimum atomic E-state index is -1.04. The minimum Gasteiger partial charge on any atom is -0.508 e. The Labute approximate surface area is 397 Å². The number of esters is 1. The van der Waals surface area contributed by atoms with Crippen LogP contribution in [0, 0.1) is 23.7 Å². The summed E-state index contributed by atoms with van der Waals surface area (Å²) in [5, 5.41) is 17.2. The molecule has 0 saturated carbocycles. The number of amides is 3. The number of ketones is 2. The fourth-order valence-electron chi connectivity index (χ4n) is 7.92. The largest absolute Gasteiger partial charge is 0.509 e. The standard InChI is InChI=1S/C47H71N5O12S2/c1-10-30(5)36(24-40(55)38-14-12-13-19-51(38)8)45(58)52(28-63-47(60)61-11-2)39(29(3)4)25-42(64-32(7)53)44-50-37(27-66-44)43(57)49-34(23-33-15-17-35(54)18-16-33)22-31(6)41(56)26-48-46(59)62-20-21-65-9/h15-18,27,29-31,34,36,38-39,42,54H,10-14,19-26,28H2,1-9H3,(H,48,59)(H,49,57)/t30?,31-,34+,36-,38?,39+,42+/m0/s1. The molecular formula is C47H71N5O12S2. The predicted octanol–water partition coefficient (Wildman–Crippen LogP) is 6.96. The first kappa shape index (κ1) is 55.6. The summed E-state index contributed by atoms with van der Waals surface area (Å²) in [6.45, 7) is 12.6. The number of likely N-dealkylation sites (tertiary alicyclic amines) is 1. The number of Topliss-reactive ketones (excluding diaryl/α,β-unsaturated/α-hetero) is 2. The van der Waals surface area contributed by atoms with E-state index >= 15 is 0 Å². The molecule has 0 radical (unpaired) electrons. The van der Waals surface area contributed by atoms with Crippen molar-refractivity contribution >= 4 is 64.7 Å². The van der Waals surface area contributed by atoms with Crippen molar-refractivity contribution in [2.45, 2.75) is 124 Å². The van der Waals surface area contributed by atoms with Gasteiger partial charge in [-0.05, 0) is 82.0 Å². The number of phenolic OH excluding ortho intramolecular Hbond substituents is 1. The van der Waals surface area contributed by atoms with Gasteiger partial charge < -0.3 is 39.6 Å². The average molecular weight is 962 g/mol. The number of alkyl carbamates (subject to hydrolysis) is 1. The zero-order chi connectivity index (χ0) is 48.9. The average Bonchev–Trinajstić information content (AvgIpc) is 3.78. The van der Waals surface area contributed by atoms with E-state index < -0.39 is 60.9 Å². The topological polar surface area (TPSA) is 220 Å². The van der Waals surface area contributed by atoms with Crippen LogP contribution in [0.4, 0.5) is 9.59 Å². The van der Waals surface area contributed by atoms with Gasteiger partial charge in [0.1, 0.15) is 23.1 Å². The highest BCUT2D eigenvalue weighted by atomic mass is 32.2. The Bertz CT molecular complexity index is 1900. The predicted molar refractivity (Wildman–Crippen MR) is 252 cm³/mol. The number of nitrogens with zero attached hydrogens (tertiary/aromatic N) is 3. The number of carbonyl (C=O) groups excluding carboxylic acids is 7. The Morgan fingerprint density at radius 2 is 1.71 bits per heavy atom. The molecule has 0 aliphatic carbocycles. The number of benzene rings is 1. The lowest BCUT2D eigenvalue weighted by Gasteiger charge is -2.39. The zero-order valence-corrected chi connectivity index (χ0v) is 41.6. The number of phenols is 1. The highest BCUT2D eigenvalue weighted by Gasteiger charge is 2.40. The van der Waals surface area contributed by atoms with Gasteiger partial charge in [-0.15, -0.1) is 11.3 Å². The van der Waals surface area contributed by atoms with Crippen molar-refractivity contribution in [2.24, 2.45) is 23.7 Å². The van der Waals surface area contributed by atoms with E-state index in [0.717, 1.165) is 36.3 Å². The molecule has 66 heavy (non-hydrogen) atoms. The molecule has 1 aromatic carbocycles. The molecular weight excluding hydrogens is 891 g/mol. The van der Waals surface area contributed by atoms with E-state index in [1.165, 1.54) is 41.1 Å². The van der Waals surface area contributed by atoms with Gasteiger partial charge in [-0.25, -0.2) is 14.6 Å². The molecule has 0 spiro atoms. The summed E-state index contributed by atoms with van der Waals surface area (Å²) < 4.78 is 21.5. The number of aromatic nitrogens is 1. The fraction of sp³-hybridized carbons (Fsp3) is 0.660. The van der Waals surface area contributed by atoms with Crippen LogP contribution in [0.25, 0.3) is 0 Å². The normalized spacial score (nSPS) is 16.7. The van der Waals surface area contributed by atoms with E-state index in [1.807, 2.05) is 45.9 Å². The zero-order valence-electron chi connectivity index (χ0n) is 40.0. The Balaban J connectivity index is 1.92. The molecule has 7 atom stereocenters. The number of ether oxygens (including phenoxy) is 4. The minimum absolute atomic E-state index is 0.00653. The summed E-state index contributed by atoms with van der Waals surface area (Å²) in [5.74, 6) is -2.96. The van der Waals surface area contributed by atoms with Crippen LogP contribution >= 0.6 is 23.1 Å². The number of thiazole rings is 1. The third-order valence-corrected chi connectivity index (χ3v) is 13.4. The summed E-state index contributed by atoms with van der Waals surface area (Å²) in [6.07, 6.45) is 2.96. The number of nitrogens with one attached hydrogen (secondary N) is 2. The van der Waals surface area contributed by atoms with Gasteiger partial charge >= 0.3 is 18.2 Å². The molecule has 2 aromatic rings. The molecule has 3 N–H and O–H groups in total. The first-order valence-electron chi connectivity index (χ1n) is 22.8. The third-order valence-electron chi connectivity index (χ3n) is 11.9. The van der Waals surface area contributed by atoms with Crippen LogP contribution in [0.2, 0.25) is 0 Å². The highest BCUT2D eigenvalue weighted by molar-refractivity contribution is 7.98. The second-order valence-corrected chi connectivity index (χ2v) is 19.1. The number of hydrogen-bond donors (Lipinski definition) is 3. The van der Waals surface area contributed by atoms with Crippen LogP contribution in [0.3, 0.4) is 0 Å². The van der Waals surface area contributed by atoms with Crippen LogP contribution in [0.1, 0.15) is 121 Å². The summed E-state index contributed by atoms with van der Waals surface area (Å²) in [6, 6.07) is 4.89. The van der Waals surface area contributed by atoms with Crippen LogP contribution in [-0.2, 0) is 44.5 Å². The molecule has 0 bridgehead atoms. The number of carbonyl (C=O) groups is 7. The first-order valence-corrected chi connectivity index (χ1v) is 25.1. The number of thioether (sulfide) groups is 1. The smallest absolute Gasteiger partial charge is 0.508 e. The van der Waals surface area contributed by atoms with Gasteiger partial charge in [-0.3, -0.25) is 28.9 Å². The van der Waals surface area contributed by atoms with Crippen LogP contribution in [0.15, 0.2) is 29.6 Å². The van der Waals surface area contributed by atoms with Crippen molar-refractivity contribution in [3.8, 4) is 5.75 Å². The summed E-state index contributed by atoms with van der Waals surface area (Å²) in [4.78, 5) is 101. The van der Waals surface area contributed by atoms with E-state index in [-0.39, 0.29) is 90.8 Å². The lowest BCUT2D eigenvalue weighted by Crippen LogP contribution is -2.50. The third kappa shape index (κ3) is 18.1. The molecule has 3 amide bonds. The highest BCUT2D eigenvalue weighted by Crippen LogP contribution is 2.34. The molecule has 19 heteroatoms. The first-order chi connectivity index (χ1) is 31.4. The molecule has 1 saturated heterocycles. The van der Waals surface area contributed by atoms with Gasteiger partial charge in [0.2, 0.25) is 5.91 Å². The van der Waals surface area contributed by atoms with Gasteiger partial charge in [0.15, 0.2) is 24.4 Å². The Kier molecular flexibility index (Phi) is 23.9. The van der Waals surface area contributed by atoms with E-state index in [4.69, 9.17) is 18.9 Å². The van der Waals surface area contributed by atoms with Crippen molar-refractivity contribution in [3.63, 3.8) is 0 Å². The van der Waals surface area contributed by atoms with Gasteiger partial charge in [0, 0.05) is 54.8 Å². The maximum Gasteiger partial charge on any atom is 0.509 e. The van der Waals surface area contributed by atoms with Crippen LogP contribution in [0.5, 0.6) is 5.75 Å². The van der Waals surface area contributed by atoms with Crippen LogP contribution < -0.4 is 10.6 Å². The van der Waals surface area contributed by atoms with Gasteiger partial charge in [-0.2, -0.15) is 11.8 Å². The number of rotatable bonds is 27. The Morgan fingerprint density at radius 3 is 2.33 bits per heavy atom. The molecule has 1 aromatic heterocycles. The summed E-state index contributed by atoms with van der Waals surface area (Å²) in [5.41, 5.74) is 0.813. The Morgan fingerprint density at radius 1 is 1.00 bits per heavy atom. The van der Waals surface area contributed by atoms with E-state index in [2.05, 4.69) is 15.6 Å². The summed E-state index contributed by atoms with van der Waals surface area (Å²) >= 11 is 2.61. The second-order valence-electron chi connectivity index (χ2n) is 17.3. The lowest BCUT2D eigenvalue weighted by molar-refractivity contribution is -0.153. The van der Waals surface area contributed by atoms with Gasteiger partial charge in [0.05, 0.1) is 19.2 Å². The second kappa shape index (κ2) is 28.4. The van der Waals surface area contributed by atoms with Crippen molar-refractivity contribution < 1.29 is 57.6 Å². The lowest BCUT2D eigenvalue weighted by atomic mass is 9.82. The van der Waals surface area contributed by atoms with Crippen molar-refractivity contribution in [3.05, 3.63) is 45.9 Å². The summed E-state index contributed by atoms with van der Waals surface area (Å²) in [7, 11) is 1.93. The number of likely N-dealkylation sites (N-methyl/N-ethyl adjacent to an activating group) is 1. The van der Waals surface area contributed by atoms with E-state index in [9.17, 15) is 38.7 Å². The molecule has 1 aliphatic heterocycles. The number of piperidine rings is 1. The molecule has 17 nitrogen and oxygen atoms in total. The number of hydrogen-bond acceptors (Lipinski definition) is 16. The van der Waals surface area contributed by atoms with Crippen molar-refractivity contribution in [1.29, 1.82) is 0 Å². The molecule has 3 rings (SSSR count). The maximum atomic E-state index is 14.9. The SMILES string of the molecule is CCOC(=O)OCN(C(=O)[C@@H](CC(=O)C1CCCCN1C)C(C)CC)[C@H](C[C@@H](OC(C)=O)c1nc(C(=O)N[C@@H](Cc2ccc(O)cc2)C[C@H](C)C(=O)CNC(=O)OCCSC)cs1)C(C)C. The van der Waals surface area contributed by atoms with E-state index in [1.54, 1.807) is 26.0 Å². The van der Waals surface area contributed by atoms with Gasteiger partial charge in [-0.1, -0.05) is 59.6 Å². The van der Waals surface area contributed by atoms with Gasteiger partial charge in [0.25, 0.3) is 5.91 Å². The number of aromatic hydroxyl groups is 1. The molecule has 1 fully saturated rings. The molecule has 368 valence electrons. The molecule has 2 unspecified atom stereocenters. The quantitative estimate of drug-likeness (QED) is 0.0357.